The van der Waals surface area contributed by atoms with Gasteiger partial charge < -0.3 is 5.11 Å². The maximum absolute atomic E-state index is 10.5. The van der Waals surface area contributed by atoms with Gasteiger partial charge in [-0.3, -0.25) is 9.36 Å². The van der Waals surface area contributed by atoms with Crippen molar-refractivity contribution in [3.8, 4) is 0 Å². The van der Waals surface area contributed by atoms with Gasteiger partial charge in [0, 0.05) is 25.7 Å². The van der Waals surface area contributed by atoms with Crippen molar-refractivity contribution >= 4 is 15.9 Å². The van der Waals surface area contributed by atoms with E-state index < -0.39 is 6.10 Å². The van der Waals surface area contributed by atoms with E-state index in [-0.39, 0.29) is 0 Å². The van der Waals surface area contributed by atoms with Crippen molar-refractivity contribution in [1.29, 1.82) is 0 Å². The molecule has 2 aromatic rings. The summed E-state index contributed by atoms with van der Waals surface area (Å²) < 4.78 is 4.51. The number of halogens is 1. The van der Waals surface area contributed by atoms with Gasteiger partial charge in [0.2, 0.25) is 0 Å². The van der Waals surface area contributed by atoms with Crippen LogP contribution in [-0.4, -0.2) is 24.7 Å². The summed E-state index contributed by atoms with van der Waals surface area (Å²) in [5.74, 6) is 0. The number of hydrogen-bond donors (Lipinski definition) is 1. The summed E-state index contributed by atoms with van der Waals surface area (Å²) in [6, 6.07) is 0. The van der Waals surface area contributed by atoms with Gasteiger partial charge in [-0.05, 0) is 42.3 Å². The van der Waals surface area contributed by atoms with Gasteiger partial charge in [-0.25, -0.2) is 0 Å². The van der Waals surface area contributed by atoms with E-state index >= 15 is 0 Å². The maximum Gasteiger partial charge on any atom is 0.101 e. The Hall–Kier alpha value is -1.14. The fourth-order valence-corrected chi connectivity index (χ4v) is 2.92. The highest BCUT2D eigenvalue weighted by Gasteiger charge is 2.21. The van der Waals surface area contributed by atoms with E-state index in [1.54, 1.807) is 6.20 Å². The third-order valence-electron chi connectivity index (χ3n) is 3.50. The third kappa shape index (κ3) is 2.60. The molecular weight excluding hydrogens is 308 g/mol. The Labute approximate surface area is 121 Å². The SMILES string of the molecule is CCn1ncc(Br)c1C(O)Cc1c(C)nn(C)c1C. The van der Waals surface area contributed by atoms with Crippen molar-refractivity contribution in [2.75, 3.05) is 0 Å². The van der Waals surface area contributed by atoms with Crippen LogP contribution < -0.4 is 0 Å². The molecule has 0 fully saturated rings. The zero-order valence-electron chi connectivity index (χ0n) is 11.7. The Kier molecular flexibility index (Phi) is 4.10. The van der Waals surface area contributed by atoms with E-state index in [1.165, 1.54) is 0 Å². The Morgan fingerprint density at radius 3 is 2.63 bits per heavy atom. The summed E-state index contributed by atoms with van der Waals surface area (Å²) in [5, 5.41) is 19.1. The normalized spacial score (nSPS) is 12.9. The molecule has 0 saturated carbocycles. The first-order valence-electron chi connectivity index (χ1n) is 6.34. The molecule has 5 nitrogen and oxygen atoms in total. The van der Waals surface area contributed by atoms with Gasteiger partial charge in [0.15, 0.2) is 0 Å². The van der Waals surface area contributed by atoms with Crippen molar-refractivity contribution in [3.05, 3.63) is 33.3 Å². The fraction of sp³-hybridized carbons (Fsp3) is 0.538. The number of hydrogen-bond acceptors (Lipinski definition) is 3. The molecule has 19 heavy (non-hydrogen) atoms. The van der Waals surface area contributed by atoms with Gasteiger partial charge in [0.25, 0.3) is 0 Å². The van der Waals surface area contributed by atoms with Gasteiger partial charge in [-0.15, -0.1) is 0 Å². The zero-order chi connectivity index (χ0) is 14.2. The number of aliphatic hydroxyl groups excluding tert-OH is 1. The average molecular weight is 327 g/mol. The van der Waals surface area contributed by atoms with Crippen LogP contribution in [0.25, 0.3) is 0 Å². The first kappa shape index (κ1) is 14.3. The van der Waals surface area contributed by atoms with Crippen molar-refractivity contribution in [3.63, 3.8) is 0 Å². The standard InChI is InChI=1S/C13H19BrN4O/c1-5-18-13(11(14)7-15-18)12(19)6-10-8(2)16-17(4)9(10)3/h7,12,19H,5-6H2,1-4H3. The van der Waals surface area contributed by atoms with E-state index in [4.69, 9.17) is 0 Å². The lowest BCUT2D eigenvalue weighted by atomic mass is 10.0. The molecule has 0 aromatic carbocycles. The van der Waals surface area contributed by atoms with Crippen molar-refractivity contribution in [2.45, 2.75) is 39.8 Å². The molecule has 2 rings (SSSR count). The van der Waals surface area contributed by atoms with Crippen molar-refractivity contribution in [1.82, 2.24) is 19.6 Å². The molecule has 0 bridgehead atoms. The highest BCUT2D eigenvalue weighted by Crippen LogP contribution is 2.27. The van der Waals surface area contributed by atoms with Gasteiger partial charge in [0.1, 0.15) is 6.10 Å². The summed E-state index contributed by atoms with van der Waals surface area (Å²) in [7, 11) is 1.92. The summed E-state index contributed by atoms with van der Waals surface area (Å²) in [5.41, 5.74) is 3.99. The smallest absolute Gasteiger partial charge is 0.101 e. The van der Waals surface area contributed by atoms with Crippen LogP contribution in [0.5, 0.6) is 0 Å². The molecule has 0 radical (unpaired) electrons. The fourth-order valence-electron chi connectivity index (χ4n) is 2.36. The van der Waals surface area contributed by atoms with Crippen LogP contribution in [0.3, 0.4) is 0 Å². The topological polar surface area (TPSA) is 55.9 Å². The monoisotopic (exact) mass is 326 g/mol. The Morgan fingerprint density at radius 1 is 1.42 bits per heavy atom. The first-order valence-corrected chi connectivity index (χ1v) is 7.13. The van der Waals surface area contributed by atoms with Gasteiger partial charge >= 0.3 is 0 Å². The van der Waals surface area contributed by atoms with Crippen LogP contribution in [-0.2, 0) is 20.0 Å². The molecule has 2 aromatic heterocycles. The largest absolute Gasteiger partial charge is 0.386 e. The quantitative estimate of drug-likeness (QED) is 0.937. The minimum Gasteiger partial charge on any atom is -0.386 e. The second kappa shape index (κ2) is 5.46. The molecule has 0 aliphatic rings. The van der Waals surface area contributed by atoms with Crippen LogP contribution >= 0.6 is 15.9 Å². The molecule has 1 N–H and O–H groups in total. The van der Waals surface area contributed by atoms with Crippen LogP contribution in [0.15, 0.2) is 10.7 Å². The number of rotatable bonds is 4. The number of aliphatic hydroxyl groups is 1. The minimum absolute atomic E-state index is 0.551. The maximum atomic E-state index is 10.5. The lowest BCUT2D eigenvalue weighted by Crippen LogP contribution is -2.11. The predicted octanol–water partition coefficient (Wildman–Crippen LogP) is 2.29. The average Bonchev–Trinajstić information content (AvgIpc) is 2.85. The summed E-state index contributed by atoms with van der Waals surface area (Å²) in [4.78, 5) is 0. The van der Waals surface area contributed by atoms with E-state index in [0.29, 0.717) is 6.42 Å². The van der Waals surface area contributed by atoms with E-state index in [1.807, 2.05) is 37.2 Å². The first-order chi connectivity index (χ1) is 8.95. The van der Waals surface area contributed by atoms with Gasteiger partial charge in [-0.2, -0.15) is 10.2 Å². The minimum atomic E-state index is -0.585. The summed E-state index contributed by atoms with van der Waals surface area (Å²) in [6.45, 7) is 6.74. The number of aryl methyl sites for hydroxylation is 3. The molecule has 0 saturated heterocycles. The zero-order valence-corrected chi connectivity index (χ0v) is 13.3. The third-order valence-corrected chi connectivity index (χ3v) is 4.12. The molecule has 1 atom stereocenters. The van der Waals surface area contributed by atoms with Crippen molar-refractivity contribution < 1.29 is 5.11 Å². The predicted molar refractivity (Wildman–Crippen MR) is 76.9 cm³/mol. The summed E-state index contributed by atoms with van der Waals surface area (Å²) in [6.07, 6.45) is 1.69. The number of aromatic nitrogens is 4. The van der Waals surface area contributed by atoms with Crippen molar-refractivity contribution in [2.24, 2.45) is 7.05 Å². The molecule has 0 aliphatic heterocycles. The van der Waals surface area contributed by atoms with Gasteiger partial charge in [0.05, 0.1) is 22.1 Å². The molecule has 6 heteroatoms. The molecule has 0 aliphatic carbocycles. The van der Waals surface area contributed by atoms with E-state index in [0.717, 1.165) is 33.7 Å². The Balaban J connectivity index is 2.30. The van der Waals surface area contributed by atoms with Crippen LogP contribution in [0.2, 0.25) is 0 Å². The molecule has 2 heterocycles. The van der Waals surface area contributed by atoms with Crippen LogP contribution in [0.1, 0.15) is 35.7 Å². The lowest BCUT2D eigenvalue weighted by molar-refractivity contribution is 0.166. The van der Waals surface area contributed by atoms with Crippen LogP contribution in [0.4, 0.5) is 0 Å². The second-order valence-corrected chi connectivity index (χ2v) is 5.54. The van der Waals surface area contributed by atoms with E-state index in [2.05, 4.69) is 26.1 Å². The lowest BCUT2D eigenvalue weighted by Gasteiger charge is -2.13. The number of nitrogens with zero attached hydrogens (tertiary/aromatic N) is 4. The highest BCUT2D eigenvalue weighted by molar-refractivity contribution is 9.10. The second-order valence-electron chi connectivity index (χ2n) is 4.69. The molecular formula is C13H19BrN4O. The molecule has 104 valence electrons. The Morgan fingerprint density at radius 2 is 2.11 bits per heavy atom. The molecule has 1 unspecified atom stereocenters. The summed E-state index contributed by atoms with van der Waals surface area (Å²) >= 11 is 3.45. The van der Waals surface area contributed by atoms with Crippen LogP contribution in [0, 0.1) is 13.8 Å². The molecule has 0 amide bonds. The highest BCUT2D eigenvalue weighted by atomic mass is 79.9. The Bertz CT molecular complexity index is 588. The molecule has 0 spiro atoms. The van der Waals surface area contributed by atoms with E-state index in [9.17, 15) is 5.11 Å². The van der Waals surface area contributed by atoms with Gasteiger partial charge in [-0.1, -0.05) is 0 Å².